The van der Waals surface area contributed by atoms with E-state index >= 15 is 0 Å². The van der Waals surface area contributed by atoms with E-state index in [0.717, 1.165) is 0 Å². The molecule has 25 heavy (non-hydrogen) atoms. The van der Waals surface area contributed by atoms with E-state index in [1.165, 1.54) is 16.9 Å². The molecule has 0 aromatic heterocycles. The number of hydrogen-bond acceptors (Lipinski definition) is 4. The number of benzene rings is 1. The monoisotopic (exact) mass is 380 g/mol. The highest BCUT2D eigenvalue weighted by Crippen LogP contribution is 2.45. The maximum atomic E-state index is 14.5. The van der Waals surface area contributed by atoms with Crippen LogP contribution in [-0.4, -0.2) is 61.6 Å². The second kappa shape index (κ2) is 6.80. The average Bonchev–Trinajstić information content (AvgIpc) is 2.74. The number of halogens is 4. The number of methoxy groups -OCH3 is 1. The molecule has 1 aromatic carbocycles. The molecule has 2 aliphatic heterocycles. The number of carboxylic acid groups (broad SMARTS) is 1. The van der Waals surface area contributed by atoms with Crippen LogP contribution in [0.2, 0.25) is 5.02 Å². The molecule has 10 heteroatoms. The molecule has 1 N–H and O–H groups in total. The molecule has 2 atom stereocenters. The highest BCUT2D eigenvalue weighted by Gasteiger charge is 2.40. The standard InChI is InChI=1S/C15H16ClF3N2O4/c1-24-6-8-4-7-5-20(15(22)23)2-3-21(7)13-12(19)11(18)10(17)9(16)14(13)25-8/h7-8H,2-6H2,1H3,(H,22,23). The van der Waals surface area contributed by atoms with Crippen LogP contribution in [0.5, 0.6) is 5.75 Å². The van der Waals surface area contributed by atoms with Crippen LogP contribution in [0.15, 0.2) is 0 Å². The lowest BCUT2D eigenvalue weighted by Crippen LogP contribution is -2.55. The van der Waals surface area contributed by atoms with E-state index in [1.807, 2.05) is 0 Å². The van der Waals surface area contributed by atoms with Gasteiger partial charge in [0.25, 0.3) is 0 Å². The third-order valence-electron chi connectivity index (χ3n) is 4.41. The van der Waals surface area contributed by atoms with Gasteiger partial charge in [0.1, 0.15) is 16.8 Å². The summed E-state index contributed by atoms with van der Waals surface area (Å²) >= 11 is 5.86. The molecule has 2 aliphatic rings. The molecule has 1 amide bonds. The van der Waals surface area contributed by atoms with Crippen molar-refractivity contribution in [3.8, 4) is 5.75 Å². The van der Waals surface area contributed by atoms with Gasteiger partial charge in [0, 0.05) is 33.2 Å². The van der Waals surface area contributed by atoms with Gasteiger partial charge in [0.2, 0.25) is 0 Å². The Morgan fingerprint density at radius 1 is 1.32 bits per heavy atom. The fraction of sp³-hybridized carbons (Fsp3) is 0.533. The minimum absolute atomic E-state index is 0.0778. The molecule has 6 nitrogen and oxygen atoms in total. The van der Waals surface area contributed by atoms with Crippen LogP contribution in [0.25, 0.3) is 0 Å². The molecule has 1 aromatic rings. The molecule has 0 aliphatic carbocycles. The maximum absolute atomic E-state index is 14.5. The Bertz CT molecular complexity index is 706. The first-order valence-electron chi connectivity index (χ1n) is 7.61. The van der Waals surface area contributed by atoms with Crippen molar-refractivity contribution in [1.82, 2.24) is 4.90 Å². The van der Waals surface area contributed by atoms with E-state index in [1.54, 1.807) is 0 Å². The van der Waals surface area contributed by atoms with Crippen molar-refractivity contribution in [1.29, 1.82) is 0 Å². The van der Waals surface area contributed by atoms with E-state index in [9.17, 15) is 23.1 Å². The van der Waals surface area contributed by atoms with Crippen LogP contribution in [0.1, 0.15) is 6.42 Å². The minimum atomic E-state index is -1.68. The van der Waals surface area contributed by atoms with Crippen molar-refractivity contribution in [2.75, 3.05) is 38.3 Å². The Morgan fingerprint density at radius 3 is 2.68 bits per heavy atom. The summed E-state index contributed by atoms with van der Waals surface area (Å²) in [6, 6.07) is -0.485. The number of ether oxygens (including phenoxy) is 2. The van der Waals surface area contributed by atoms with Crippen LogP contribution in [-0.2, 0) is 4.74 Å². The summed E-state index contributed by atoms with van der Waals surface area (Å²) in [7, 11) is 1.44. The Hall–Kier alpha value is -1.87. The lowest BCUT2D eigenvalue weighted by atomic mass is 10.0. The number of nitrogens with zero attached hydrogens (tertiary/aromatic N) is 2. The normalized spacial score (nSPS) is 22.8. The number of hydrogen-bond donors (Lipinski definition) is 1. The summed E-state index contributed by atoms with van der Waals surface area (Å²) in [6.45, 7) is 0.379. The number of fused-ring (bicyclic) bond motifs is 3. The van der Waals surface area contributed by atoms with Gasteiger partial charge in [-0.15, -0.1) is 0 Å². The molecule has 1 fully saturated rings. The first-order valence-corrected chi connectivity index (χ1v) is 7.99. The summed E-state index contributed by atoms with van der Waals surface area (Å²) in [5.41, 5.74) is -0.280. The molecule has 0 bridgehead atoms. The maximum Gasteiger partial charge on any atom is 0.407 e. The Kier molecular flexibility index (Phi) is 4.88. The second-order valence-electron chi connectivity index (χ2n) is 5.94. The first-order chi connectivity index (χ1) is 11.8. The Labute approximate surface area is 146 Å². The third kappa shape index (κ3) is 3.06. The Morgan fingerprint density at radius 2 is 2.04 bits per heavy atom. The molecule has 1 saturated heterocycles. The number of rotatable bonds is 2. The lowest BCUT2D eigenvalue weighted by Gasteiger charge is -2.41. The highest BCUT2D eigenvalue weighted by atomic mass is 35.5. The van der Waals surface area contributed by atoms with Gasteiger partial charge in [-0.1, -0.05) is 11.6 Å². The predicted octanol–water partition coefficient (Wildman–Crippen LogP) is 2.72. The molecular weight excluding hydrogens is 365 g/mol. The molecule has 2 heterocycles. The second-order valence-corrected chi connectivity index (χ2v) is 6.32. The highest BCUT2D eigenvalue weighted by molar-refractivity contribution is 6.32. The number of piperazine rings is 1. The van der Waals surface area contributed by atoms with E-state index in [4.69, 9.17) is 21.1 Å². The SMILES string of the molecule is COCC1CC2CN(C(=O)O)CCN2c2c(F)c(F)c(F)c(Cl)c2O1. The summed E-state index contributed by atoms with van der Waals surface area (Å²) < 4.78 is 52.9. The van der Waals surface area contributed by atoms with Gasteiger partial charge in [0.05, 0.1) is 12.6 Å². The van der Waals surface area contributed by atoms with E-state index in [2.05, 4.69) is 0 Å². The van der Waals surface area contributed by atoms with Crippen LogP contribution in [0, 0.1) is 17.5 Å². The van der Waals surface area contributed by atoms with Gasteiger partial charge in [-0.25, -0.2) is 18.0 Å². The fourth-order valence-electron chi connectivity index (χ4n) is 3.30. The minimum Gasteiger partial charge on any atom is -0.484 e. The number of anilines is 1. The largest absolute Gasteiger partial charge is 0.484 e. The van der Waals surface area contributed by atoms with E-state index in [-0.39, 0.29) is 44.1 Å². The van der Waals surface area contributed by atoms with Crippen LogP contribution >= 0.6 is 11.6 Å². The molecule has 3 rings (SSSR count). The predicted molar refractivity (Wildman–Crippen MR) is 83.0 cm³/mol. The zero-order chi connectivity index (χ0) is 18.3. The summed E-state index contributed by atoms with van der Waals surface area (Å²) in [6.07, 6.45) is -1.43. The van der Waals surface area contributed by atoms with Crippen LogP contribution in [0.3, 0.4) is 0 Å². The molecule has 138 valence electrons. The van der Waals surface area contributed by atoms with Crippen molar-refractivity contribution in [3.05, 3.63) is 22.5 Å². The third-order valence-corrected chi connectivity index (χ3v) is 4.75. The van der Waals surface area contributed by atoms with Gasteiger partial charge in [-0.3, -0.25) is 0 Å². The van der Waals surface area contributed by atoms with Crippen molar-refractivity contribution in [2.24, 2.45) is 0 Å². The van der Waals surface area contributed by atoms with Crippen molar-refractivity contribution in [3.63, 3.8) is 0 Å². The van der Waals surface area contributed by atoms with Gasteiger partial charge in [0.15, 0.2) is 23.2 Å². The topological polar surface area (TPSA) is 62.2 Å². The zero-order valence-corrected chi connectivity index (χ0v) is 14.0. The quantitative estimate of drug-likeness (QED) is 0.631. The van der Waals surface area contributed by atoms with Gasteiger partial charge in [-0.2, -0.15) is 0 Å². The molecule has 0 saturated carbocycles. The summed E-state index contributed by atoms with van der Waals surface area (Å²) in [4.78, 5) is 13.9. The smallest absolute Gasteiger partial charge is 0.407 e. The molecule has 0 spiro atoms. The van der Waals surface area contributed by atoms with Gasteiger partial charge < -0.3 is 24.4 Å². The number of carbonyl (C=O) groups is 1. The lowest BCUT2D eigenvalue weighted by molar-refractivity contribution is 0.0694. The first kappa shape index (κ1) is 17.9. The van der Waals surface area contributed by atoms with Crippen molar-refractivity contribution >= 4 is 23.4 Å². The van der Waals surface area contributed by atoms with Crippen LogP contribution < -0.4 is 9.64 Å². The van der Waals surface area contributed by atoms with E-state index in [0.29, 0.717) is 0 Å². The van der Waals surface area contributed by atoms with E-state index < -0.39 is 40.7 Å². The molecule has 0 radical (unpaired) electrons. The van der Waals surface area contributed by atoms with Gasteiger partial charge >= 0.3 is 6.09 Å². The number of amides is 1. The van der Waals surface area contributed by atoms with Crippen LogP contribution in [0.4, 0.5) is 23.7 Å². The molecular formula is C15H16ClF3N2O4. The zero-order valence-electron chi connectivity index (χ0n) is 13.3. The summed E-state index contributed by atoms with van der Waals surface area (Å²) in [5.74, 6) is -4.89. The van der Waals surface area contributed by atoms with Gasteiger partial charge in [-0.05, 0) is 0 Å². The summed E-state index contributed by atoms with van der Waals surface area (Å²) in [5, 5.41) is 8.55. The average molecular weight is 381 g/mol. The molecule has 2 unspecified atom stereocenters. The van der Waals surface area contributed by atoms with Crippen molar-refractivity contribution < 1.29 is 32.5 Å². The Balaban J connectivity index is 2.10. The fourth-order valence-corrected chi connectivity index (χ4v) is 3.51. The van der Waals surface area contributed by atoms with Crippen molar-refractivity contribution in [2.45, 2.75) is 18.6 Å².